The summed E-state index contributed by atoms with van der Waals surface area (Å²) in [5.41, 5.74) is -8.81. The van der Waals surface area contributed by atoms with Crippen LogP contribution in [0.1, 0.15) is 52.1 Å². The van der Waals surface area contributed by atoms with Gasteiger partial charge in [-0.3, -0.25) is 9.59 Å². The van der Waals surface area contributed by atoms with Gasteiger partial charge in [0.15, 0.2) is 5.78 Å². The van der Waals surface area contributed by atoms with Crippen molar-refractivity contribution < 1.29 is 45.8 Å². The molecule has 0 saturated carbocycles. The molecule has 0 aromatic heterocycles. The number of carbonyl (C=O) groups excluding carboxylic acids is 2. The number of carboxylic acid groups (broad SMARTS) is 1. The monoisotopic (exact) mass is 422 g/mol. The predicted molar refractivity (Wildman–Crippen MR) is 88.8 cm³/mol. The van der Waals surface area contributed by atoms with Gasteiger partial charge in [-0.1, -0.05) is 19.9 Å². The van der Waals surface area contributed by atoms with Gasteiger partial charge in [0, 0.05) is 12.0 Å². The maximum atomic E-state index is 13.3. The first-order valence-corrected chi connectivity index (χ1v) is 9.44. The number of Topliss-reactive ketones (excluding diaryl/α,β-unsaturated/α-hetero) is 1. The molecule has 0 spiro atoms. The van der Waals surface area contributed by atoms with Gasteiger partial charge in [0.25, 0.3) is 9.84 Å². The molecule has 7 nitrogen and oxygen atoms in total. The number of ketones is 1. The minimum Gasteiger partial charge on any atom is -0.481 e. The van der Waals surface area contributed by atoms with Crippen LogP contribution >= 0.6 is 0 Å². The normalized spacial score (nSPS) is 16.4. The number of ether oxygens (including phenoxy) is 1. The molecule has 28 heavy (non-hydrogen) atoms. The van der Waals surface area contributed by atoms with Crippen LogP contribution in [0.5, 0.6) is 0 Å². The van der Waals surface area contributed by atoms with Crippen LogP contribution in [0.2, 0.25) is 0 Å². The minimum atomic E-state index is -6.15. The third-order valence-corrected chi connectivity index (χ3v) is 5.89. The highest BCUT2D eigenvalue weighted by molar-refractivity contribution is 7.92. The Bertz CT molecular complexity index is 975. The average molecular weight is 422 g/mol. The highest BCUT2D eigenvalue weighted by Gasteiger charge is 2.52. The van der Waals surface area contributed by atoms with Gasteiger partial charge in [0.2, 0.25) is 0 Å². The Morgan fingerprint density at radius 2 is 1.82 bits per heavy atom. The van der Waals surface area contributed by atoms with Crippen LogP contribution in [-0.4, -0.2) is 43.9 Å². The first-order chi connectivity index (χ1) is 12.6. The number of hydrogen-bond donors (Lipinski definition) is 1. The van der Waals surface area contributed by atoms with E-state index in [0.717, 1.165) is 13.2 Å². The first kappa shape index (κ1) is 21.9. The van der Waals surface area contributed by atoms with E-state index in [0.29, 0.717) is 0 Å². The minimum absolute atomic E-state index is 0.0303. The van der Waals surface area contributed by atoms with Gasteiger partial charge in [0.1, 0.15) is 4.90 Å². The third kappa shape index (κ3) is 3.75. The average Bonchev–Trinajstić information content (AvgIpc) is 2.49. The molecule has 1 aromatic carbocycles. The Morgan fingerprint density at radius 3 is 2.29 bits per heavy atom. The fraction of sp³-hybridized carbons (Fsp3) is 0.471. The molecule has 1 aliphatic rings. The molecule has 0 fully saturated rings. The summed E-state index contributed by atoms with van der Waals surface area (Å²) in [6.07, 6.45) is -1.13. The summed E-state index contributed by atoms with van der Waals surface area (Å²) in [5.74, 6) is -3.84. The number of aliphatic carboxylic acids is 1. The number of halogens is 3. The van der Waals surface area contributed by atoms with Crippen LogP contribution in [0.25, 0.3) is 0 Å². The molecule has 0 heterocycles. The number of carbonyl (C=O) groups is 3. The van der Waals surface area contributed by atoms with Crippen molar-refractivity contribution in [2.75, 3.05) is 7.11 Å². The molecule has 11 heteroatoms. The molecule has 0 atom stereocenters. The zero-order valence-corrected chi connectivity index (χ0v) is 16.0. The van der Waals surface area contributed by atoms with Crippen LogP contribution in [0, 0.1) is 5.41 Å². The first-order valence-electron chi connectivity index (χ1n) is 7.96. The fourth-order valence-electron chi connectivity index (χ4n) is 3.33. The summed E-state index contributed by atoms with van der Waals surface area (Å²) in [5, 5.41) is 9.07. The summed E-state index contributed by atoms with van der Waals surface area (Å²) < 4.78 is 69.0. The molecule has 1 N–H and O–H groups in total. The highest BCUT2D eigenvalue weighted by Crippen LogP contribution is 2.43. The number of fused-ring (bicyclic) bond motifs is 1. The van der Waals surface area contributed by atoms with E-state index in [4.69, 9.17) is 5.11 Å². The molecule has 154 valence electrons. The smallest absolute Gasteiger partial charge is 0.481 e. The number of carboxylic acids is 1. The summed E-state index contributed by atoms with van der Waals surface area (Å²) in [6, 6.07) is 1.10. The van der Waals surface area contributed by atoms with Crippen molar-refractivity contribution in [1.82, 2.24) is 0 Å². The van der Waals surface area contributed by atoms with Crippen molar-refractivity contribution in [2.24, 2.45) is 5.41 Å². The van der Waals surface area contributed by atoms with Gasteiger partial charge in [-0.15, -0.1) is 0 Å². The van der Waals surface area contributed by atoms with Gasteiger partial charge < -0.3 is 9.84 Å². The van der Waals surface area contributed by atoms with Crippen molar-refractivity contribution in [3.63, 3.8) is 0 Å². The predicted octanol–water partition coefficient (Wildman–Crippen LogP) is 2.55. The lowest BCUT2D eigenvalue weighted by Crippen LogP contribution is -2.34. The molecule has 1 aromatic rings. The molecule has 2 rings (SSSR count). The summed E-state index contributed by atoms with van der Waals surface area (Å²) in [4.78, 5) is 34.4. The number of benzene rings is 1. The van der Waals surface area contributed by atoms with E-state index >= 15 is 0 Å². The SMILES string of the molecule is COC(=O)c1c(CC(=O)O)cc2c(c1S(=O)(=O)C(F)(F)F)C(=O)CC(C)(C)C2. The second kappa shape index (κ2) is 6.87. The Labute approximate surface area is 158 Å². The Morgan fingerprint density at radius 1 is 1.25 bits per heavy atom. The Hall–Kier alpha value is -2.43. The lowest BCUT2D eigenvalue weighted by atomic mass is 9.72. The Kier molecular flexibility index (Phi) is 5.37. The lowest BCUT2D eigenvalue weighted by molar-refractivity contribution is -0.136. The molecular formula is C17H17F3O7S. The van der Waals surface area contributed by atoms with E-state index in [2.05, 4.69) is 4.74 Å². The molecular weight excluding hydrogens is 405 g/mol. The van der Waals surface area contributed by atoms with Crippen molar-refractivity contribution in [3.8, 4) is 0 Å². The summed E-state index contributed by atoms with van der Waals surface area (Å²) in [6.45, 7) is 3.33. The third-order valence-electron chi connectivity index (χ3n) is 4.34. The number of sulfone groups is 1. The quantitative estimate of drug-likeness (QED) is 0.742. The van der Waals surface area contributed by atoms with Crippen molar-refractivity contribution in [1.29, 1.82) is 0 Å². The van der Waals surface area contributed by atoms with Crippen LogP contribution in [0.3, 0.4) is 0 Å². The summed E-state index contributed by atoms with van der Waals surface area (Å²) in [7, 11) is -5.34. The van der Waals surface area contributed by atoms with E-state index in [1.807, 2.05) is 0 Å². The van der Waals surface area contributed by atoms with Crippen molar-refractivity contribution in [2.45, 2.75) is 43.5 Å². The zero-order chi connectivity index (χ0) is 21.7. The highest BCUT2D eigenvalue weighted by atomic mass is 32.2. The Balaban J connectivity index is 3.07. The molecule has 0 unspecified atom stereocenters. The van der Waals surface area contributed by atoms with E-state index < -0.39 is 66.5 Å². The second-order valence-corrected chi connectivity index (χ2v) is 9.10. The van der Waals surface area contributed by atoms with Crippen molar-refractivity contribution in [3.05, 3.63) is 28.3 Å². The molecule has 0 aliphatic heterocycles. The van der Waals surface area contributed by atoms with Gasteiger partial charge in [0.05, 0.1) is 19.1 Å². The standard InChI is InChI=1S/C17H17F3O7S/c1-16(2)6-9-4-8(5-11(22)23)13(15(24)27-3)14(12(9)10(21)7-16)28(25,26)17(18,19)20/h4H,5-7H2,1-3H3,(H,22,23). The number of methoxy groups -OCH3 is 1. The second-order valence-electron chi connectivity index (χ2n) is 7.23. The van der Waals surface area contributed by atoms with Crippen molar-refractivity contribution >= 4 is 27.6 Å². The van der Waals surface area contributed by atoms with Crippen LogP contribution in [-0.2, 0) is 32.2 Å². The maximum absolute atomic E-state index is 13.3. The van der Waals surface area contributed by atoms with Crippen LogP contribution < -0.4 is 0 Å². The molecule has 0 bridgehead atoms. The maximum Gasteiger partial charge on any atom is 0.501 e. The van der Waals surface area contributed by atoms with E-state index in [1.54, 1.807) is 13.8 Å². The van der Waals surface area contributed by atoms with Gasteiger partial charge >= 0.3 is 17.4 Å². The van der Waals surface area contributed by atoms with Gasteiger partial charge in [-0.25, -0.2) is 13.2 Å². The molecule has 0 amide bonds. The van der Waals surface area contributed by atoms with E-state index in [1.165, 1.54) is 0 Å². The molecule has 0 radical (unpaired) electrons. The van der Waals surface area contributed by atoms with E-state index in [-0.39, 0.29) is 18.4 Å². The van der Waals surface area contributed by atoms with Crippen LogP contribution in [0.4, 0.5) is 13.2 Å². The molecule has 1 aliphatic carbocycles. The van der Waals surface area contributed by atoms with Gasteiger partial charge in [-0.2, -0.15) is 13.2 Å². The zero-order valence-electron chi connectivity index (χ0n) is 15.1. The topological polar surface area (TPSA) is 115 Å². The van der Waals surface area contributed by atoms with Gasteiger partial charge in [-0.05, 0) is 23.0 Å². The summed E-state index contributed by atoms with van der Waals surface area (Å²) >= 11 is 0. The number of esters is 1. The fourth-order valence-corrected chi connectivity index (χ4v) is 4.56. The lowest BCUT2D eigenvalue weighted by Gasteiger charge is -2.32. The number of rotatable bonds is 4. The van der Waals surface area contributed by atoms with E-state index in [9.17, 15) is 36.0 Å². The molecule has 0 saturated heterocycles. The largest absolute Gasteiger partial charge is 0.501 e. The number of hydrogen-bond acceptors (Lipinski definition) is 6. The number of alkyl halides is 3. The van der Waals surface area contributed by atoms with Crippen LogP contribution in [0.15, 0.2) is 11.0 Å².